The summed E-state index contributed by atoms with van der Waals surface area (Å²) in [5.74, 6) is 0. The van der Waals surface area contributed by atoms with Crippen molar-refractivity contribution < 1.29 is 0 Å². The van der Waals surface area contributed by atoms with Crippen LogP contribution in [0.15, 0.2) is 83.8 Å². The molecule has 0 saturated carbocycles. The molecule has 0 spiro atoms. The van der Waals surface area contributed by atoms with Crippen molar-refractivity contribution in [2.45, 2.75) is 6.54 Å². The van der Waals surface area contributed by atoms with Crippen LogP contribution in [0.2, 0.25) is 0 Å². The van der Waals surface area contributed by atoms with E-state index in [1.807, 2.05) is 71.3 Å². The Morgan fingerprint density at radius 1 is 0.852 bits per heavy atom. The van der Waals surface area contributed by atoms with Gasteiger partial charge in [0.25, 0.3) is 5.56 Å². The quantitative estimate of drug-likeness (QED) is 0.500. The minimum absolute atomic E-state index is 0.162. The molecular formula is C21H15N5O. The first-order chi connectivity index (χ1) is 13.3. The summed E-state index contributed by atoms with van der Waals surface area (Å²) in [5, 5.41) is 8.88. The minimum atomic E-state index is -0.162. The highest BCUT2D eigenvalue weighted by Crippen LogP contribution is 2.24. The Labute approximate surface area is 154 Å². The van der Waals surface area contributed by atoms with E-state index in [9.17, 15) is 4.79 Å². The standard InChI is InChI=1S/C21H15N5O/c27-21-16-10-4-5-11-17(16)23-24-26(21)14-18-20(15-8-2-1-3-9-15)22-19-12-6-7-13-25(18)19/h1-13H,14H2. The summed E-state index contributed by atoms with van der Waals surface area (Å²) in [5.41, 5.74) is 3.99. The van der Waals surface area contributed by atoms with Crippen LogP contribution >= 0.6 is 0 Å². The second-order valence-electron chi connectivity index (χ2n) is 6.27. The molecule has 0 aliphatic heterocycles. The average molecular weight is 353 g/mol. The number of hydrogen-bond acceptors (Lipinski definition) is 4. The molecule has 130 valence electrons. The molecule has 0 radical (unpaired) electrons. The van der Waals surface area contributed by atoms with Gasteiger partial charge in [0.15, 0.2) is 0 Å². The number of hydrogen-bond donors (Lipinski definition) is 0. The summed E-state index contributed by atoms with van der Waals surface area (Å²) in [6.07, 6.45) is 1.95. The van der Waals surface area contributed by atoms with Crippen LogP contribution in [-0.2, 0) is 6.54 Å². The second-order valence-corrected chi connectivity index (χ2v) is 6.27. The first-order valence-electron chi connectivity index (χ1n) is 8.65. The van der Waals surface area contributed by atoms with Gasteiger partial charge in [0.1, 0.15) is 11.2 Å². The molecule has 3 aromatic heterocycles. The molecular weight excluding hydrogens is 338 g/mol. The summed E-state index contributed by atoms with van der Waals surface area (Å²) >= 11 is 0. The molecule has 0 aliphatic carbocycles. The number of rotatable bonds is 3. The van der Waals surface area contributed by atoms with Crippen molar-refractivity contribution in [3.05, 3.63) is 95.0 Å². The highest BCUT2D eigenvalue weighted by Gasteiger charge is 2.16. The van der Waals surface area contributed by atoms with E-state index in [2.05, 4.69) is 10.3 Å². The van der Waals surface area contributed by atoms with Gasteiger partial charge in [0.05, 0.1) is 23.3 Å². The van der Waals surface area contributed by atoms with Crippen molar-refractivity contribution in [3.63, 3.8) is 0 Å². The topological polar surface area (TPSA) is 65.1 Å². The lowest BCUT2D eigenvalue weighted by Crippen LogP contribution is -2.25. The Balaban J connectivity index is 1.72. The molecule has 0 aliphatic rings. The highest BCUT2D eigenvalue weighted by atomic mass is 16.1. The predicted molar refractivity (Wildman–Crippen MR) is 104 cm³/mol. The number of benzene rings is 2. The van der Waals surface area contributed by atoms with Crippen molar-refractivity contribution in [1.29, 1.82) is 0 Å². The Morgan fingerprint density at radius 3 is 2.52 bits per heavy atom. The first kappa shape index (κ1) is 15.5. The molecule has 27 heavy (non-hydrogen) atoms. The summed E-state index contributed by atoms with van der Waals surface area (Å²) in [6, 6.07) is 23.0. The molecule has 0 bridgehead atoms. The molecule has 6 nitrogen and oxygen atoms in total. The van der Waals surface area contributed by atoms with Crippen molar-refractivity contribution >= 4 is 16.6 Å². The zero-order valence-electron chi connectivity index (χ0n) is 14.4. The van der Waals surface area contributed by atoms with E-state index in [0.717, 1.165) is 22.6 Å². The third kappa shape index (κ3) is 2.58. The monoisotopic (exact) mass is 353 g/mol. The molecule has 0 amide bonds. The number of pyridine rings is 1. The molecule has 3 heterocycles. The molecule has 6 heteroatoms. The van der Waals surface area contributed by atoms with Crippen LogP contribution in [0.25, 0.3) is 27.8 Å². The summed E-state index contributed by atoms with van der Waals surface area (Å²) in [4.78, 5) is 17.6. The average Bonchev–Trinajstić information content (AvgIpc) is 3.09. The van der Waals surface area contributed by atoms with Gasteiger partial charge in [-0.05, 0) is 24.3 Å². The van der Waals surface area contributed by atoms with Gasteiger partial charge in [0.2, 0.25) is 0 Å². The van der Waals surface area contributed by atoms with Gasteiger partial charge in [-0.1, -0.05) is 53.7 Å². The number of imidazole rings is 1. The smallest absolute Gasteiger partial charge is 0.277 e. The molecule has 0 fully saturated rings. The zero-order valence-corrected chi connectivity index (χ0v) is 14.4. The second kappa shape index (κ2) is 6.17. The lowest BCUT2D eigenvalue weighted by Gasteiger charge is -2.07. The molecule has 0 saturated heterocycles. The Kier molecular flexibility index (Phi) is 3.53. The van der Waals surface area contributed by atoms with E-state index in [-0.39, 0.29) is 12.1 Å². The maximum absolute atomic E-state index is 12.9. The van der Waals surface area contributed by atoms with Gasteiger partial charge in [-0.15, -0.1) is 5.10 Å². The SMILES string of the molecule is O=c1c2ccccc2nnn1Cc1c(-c2ccccc2)nc2ccccn12. The maximum atomic E-state index is 12.9. The van der Waals surface area contributed by atoms with Crippen LogP contribution in [0.5, 0.6) is 0 Å². The molecule has 5 rings (SSSR count). The van der Waals surface area contributed by atoms with Crippen LogP contribution in [0.1, 0.15) is 5.69 Å². The van der Waals surface area contributed by atoms with E-state index in [1.54, 1.807) is 12.1 Å². The van der Waals surface area contributed by atoms with Crippen molar-refractivity contribution in [2.75, 3.05) is 0 Å². The van der Waals surface area contributed by atoms with E-state index in [0.29, 0.717) is 10.9 Å². The van der Waals surface area contributed by atoms with Gasteiger partial charge in [-0.25, -0.2) is 9.67 Å². The number of fused-ring (bicyclic) bond motifs is 2. The summed E-state index contributed by atoms with van der Waals surface area (Å²) in [7, 11) is 0. The molecule has 5 aromatic rings. The molecule has 0 unspecified atom stereocenters. The fourth-order valence-electron chi connectivity index (χ4n) is 3.29. The zero-order chi connectivity index (χ0) is 18.2. The fraction of sp³-hybridized carbons (Fsp3) is 0.0476. The maximum Gasteiger partial charge on any atom is 0.277 e. The minimum Gasteiger partial charge on any atom is -0.301 e. The lowest BCUT2D eigenvalue weighted by molar-refractivity contribution is 0.590. The van der Waals surface area contributed by atoms with Gasteiger partial charge in [-0.3, -0.25) is 4.79 Å². The molecule has 2 aromatic carbocycles. The van der Waals surface area contributed by atoms with E-state index in [1.165, 1.54) is 4.68 Å². The van der Waals surface area contributed by atoms with Crippen molar-refractivity contribution in [3.8, 4) is 11.3 Å². The van der Waals surface area contributed by atoms with E-state index < -0.39 is 0 Å². The largest absolute Gasteiger partial charge is 0.301 e. The van der Waals surface area contributed by atoms with Gasteiger partial charge < -0.3 is 4.40 Å². The first-order valence-corrected chi connectivity index (χ1v) is 8.65. The van der Waals surface area contributed by atoms with E-state index in [4.69, 9.17) is 4.98 Å². The fourth-order valence-corrected chi connectivity index (χ4v) is 3.29. The van der Waals surface area contributed by atoms with Crippen molar-refractivity contribution in [1.82, 2.24) is 24.4 Å². The third-order valence-corrected chi connectivity index (χ3v) is 4.60. The number of nitrogens with zero attached hydrogens (tertiary/aromatic N) is 5. The highest BCUT2D eigenvalue weighted by molar-refractivity contribution is 5.76. The lowest BCUT2D eigenvalue weighted by atomic mass is 10.1. The Morgan fingerprint density at radius 2 is 1.63 bits per heavy atom. The van der Waals surface area contributed by atoms with Gasteiger partial charge >= 0.3 is 0 Å². The number of aromatic nitrogens is 5. The van der Waals surface area contributed by atoms with Crippen LogP contribution < -0.4 is 5.56 Å². The molecule has 0 atom stereocenters. The normalized spacial score (nSPS) is 11.3. The van der Waals surface area contributed by atoms with E-state index >= 15 is 0 Å². The van der Waals surface area contributed by atoms with Crippen LogP contribution in [0, 0.1) is 0 Å². The Bertz CT molecular complexity index is 1320. The van der Waals surface area contributed by atoms with Gasteiger partial charge in [-0.2, -0.15) is 0 Å². The summed E-state index contributed by atoms with van der Waals surface area (Å²) in [6.45, 7) is 0.284. The molecule has 0 N–H and O–H groups in total. The van der Waals surface area contributed by atoms with Crippen LogP contribution in [-0.4, -0.2) is 24.4 Å². The van der Waals surface area contributed by atoms with Crippen LogP contribution in [0.3, 0.4) is 0 Å². The predicted octanol–water partition coefficient (Wildman–Crippen LogP) is 3.15. The van der Waals surface area contributed by atoms with Crippen molar-refractivity contribution in [2.24, 2.45) is 0 Å². The van der Waals surface area contributed by atoms with Crippen LogP contribution in [0.4, 0.5) is 0 Å². The van der Waals surface area contributed by atoms with Gasteiger partial charge in [0, 0.05) is 11.8 Å². The summed E-state index contributed by atoms with van der Waals surface area (Å²) < 4.78 is 3.39. The third-order valence-electron chi connectivity index (χ3n) is 4.60. The Hall–Kier alpha value is -3.80.